The van der Waals surface area contributed by atoms with Crippen LogP contribution in [0.1, 0.15) is 13.8 Å². The van der Waals surface area contributed by atoms with Gasteiger partial charge in [-0.2, -0.15) is 0 Å². The molecule has 84 valence electrons. The SMILES string of the molecule is COCC(CN)NC(=O)C(C)(C)OC. The molecule has 1 amide bonds. The maximum Gasteiger partial charge on any atom is 0.251 e. The van der Waals surface area contributed by atoms with Crippen molar-refractivity contribution >= 4 is 5.91 Å². The first kappa shape index (κ1) is 13.4. The highest BCUT2D eigenvalue weighted by Gasteiger charge is 2.28. The predicted molar refractivity (Wildman–Crippen MR) is 53.9 cm³/mol. The van der Waals surface area contributed by atoms with Gasteiger partial charge in [-0.05, 0) is 13.8 Å². The zero-order valence-electron chi connectivity index (χ0n) is 9.29. The standard InChI is InChI=1S/C9H20N2O3/c1-9(2,14-4)8(12)11-7(5-10)6-13-3/h7H,5-6,10H2,1-4H3,(H,11,12). The molecule has 0 heterocycles. The summed E-state index contributed by atoms with van der Waals surface area (Å²) in [6, 6.07) is -0.165. The monoisotopic (exact) mass is 204 g/mol. The van der Waals surface area contributed by atoms with Crippen LogP contribution in [0.25, 0.3) is 0 Å². The van der Waals surface area contributed by atoms with Crippen molar-refractivity contribution in [3.63, 3.8) is 0 Å². The first-order chi connectivity index (χ1) is 6.47. The van der Waals surface area contributed by atoms with Crippen LogP contribution in [-0.2, 0) is 14.3 Å². The molecule has 0 aliphatic heterocycles. The van der Waals surface area contributed by atoms with Gasteiger partial charge in [-0.3, -0.25) is 4.79 Å². The maximum atomic E-state index is 11.6. The third-order valence-electron chi connectivity index (χ3n) is 2.04. The Bertz CT molecular complexity index is 183. The van der Waals surface area contributed by atoms with Crippen LogP contribution in [0.4, 0.5) is 0 Å². The van der Waals surface area contributed by atoms with E-state index in [4.69, 9.17) is 15.2 Å². The summed E-state index contributed by atoms with van der Waals surface area (Å²) in [5.41, 5.74) is 4.62. The van der Waals surface area contributed by atoms with Crippen molar-refractivity contribution in [3.05, 3.63) is 0 Å². The Morgan fingerprint density at radius 3 is 2.43 bits per heavy atom. The van der Waals surface area contributed by atoms with Gasteiger partial charge in [-0.15, -0.1) is 0 Å². The van der Waals surface area contributed by atoms with E-state index in [0.717, 1.165) is 0 Å². The van der Waals surface area contributed by atoms with Crippen LogP contribution in [0, 0.1) is 0 Å². The third-order valence-corrected chi connectivity index (χ3v) is 2.04. The molecule has 0 fully saturated rings. The topological polar surface area (TPSA) is 73.6 Å². The van der Waals surface area contributed by atoms with E-state index in [2.05, 4.69) is 5.32 Å². The molecule has 0 aromatic carbocycles. The van der Waals surface area contributed by atoms with Gasteiger partial charge in [-0.1, -0.05) is 0 Å². The molecule has 0 radical (unpaired) electrons. The molecule has 1 unspecified atom stereocenters. The van der Waals surface area contributed by atoms with Gasteiger partial charge in [0.05, 0.1) is 12.6 Å². The zero-order valence-corrected chi connectivity index (χ0v) is 9.29. The Hall–Kier alpha value is -0.650. The summed E-state index contributed by atoms with van der Waals surface area (Å²) in [7, 11) is 3.06. The van der Waals surface area contributed by atoms with Gasteiger partial charge >= 0.3 is 0 Å². The molecular weight excluding hydrogens is 184 g/mol. The maximum absolute atomic E-state index is 11.6. The van der Waals surface area contributed by atoms with Gasteiger partial charge in [0.25, 0.3) is 5.91 Å². The van der Waals surface area contributed by atoms with Crippen LogP contribution in [0.3, 0.4) is 0 Å². The molecule has 0 spiro atoms. The number of nitrogens with one attached hydrogen (secondary N) is 1. The molecular formula is C9H20N2O3. The van der Waals surface area contributed by atoms with Gasteiger partial charge < -0.3 is 20.5 Å². The van der Waals surface area contributed by atoms with Crippen LogP contribution in [-0.4, -0.2) is 44.9 Å². The Labute approximate surface area is 84.9 Å². The average Bonchev–Trinajstić information content (AvgIpc) is 2.16. The van der Waals surface area contributed by atoms with E-state index >= 15 is 0 Å². The number of nitrogens with two attached hydrogens (primary N) is 1. The van der Waals surface area contributed by atoms with E-state index in [-0.39, 0.29) is 11.9 Å². The van der Waals surface area contributed by atoms with E-state index in [0.29, 0.717) is 13.2 Å². The first-order valence-electron chi connectivity index (χ1n) is 4.53. The number of ether oxygens (including phenoxy) is 2. The highest BCUT2D eigenvalue weighted by molar-refractivity contribution is 5.84. The van der Waals surface area contributed by atoms with Gasteiger partial charge in [0, 0.05) is 20.8 Å². The van der Waals surface area contributed by atoms with Crippen LogP contribution in [0.15, 0.2) is 0 Å². The van der Waals surface area contributed by atoms with Gasteiger partial charge in [-0.25, -0.2) is 0 Å². The molecule has 0 bridgehead atoms. The summed E-state index contributed by atoms with van der Waals surface area (Å²) in [5, 5.41) is 2.74. The van der Waals surface area contributed by atoms with E-state index in [1.807, 2.05) is 0 Å². The fraction of sp³-hybridized carbons (Fsp3) is 0.889. The van der Waals surface area contributed by atoms with Crippen molar-refractivity contribution in [1.29, 1.82) is 0 Å². The number of methoxy groups -OCH3 is 2. The van der Waals surface area contributed by atoms with E-state index < -0.39 is 5.60 Å². The van der Waals surface area contributed by atoms with Crippen LogP contribution < -0.4 is 11.1 Å². The smallest absolute Gasteiger partial charge is 0.251 e. The summed E-state index contributed by atoms with van der Waals surface area (Å²) in [6.07, 6.45) is 0. The molecule has 0 aromatic heterocycles. The molecule has 0 saturated heterocycles. The molecule has 0 aliphatic carbocycles. The molecule has 0 aliphatic rings. The van der Waals surface area contributed by atoms with Crippen molar-refractivity contribution in [1.82, 2.24) is 5.32 Å². The van der Waals surface area contributed by atoms with Gasteiger partial charge in [0.15, 0.2) is 0 Å². The van der Waals surface area contributed by atoms with Crippen molar-refractivity contribution in [2.45, 2.75) is 25.5 Å². The van der Waals surface area contributed by atoms with Crippen LogP contribution >= 0.6 is 0 Å². The lowest BCUT2D eigenvalue weighted by Gasteiger charge is -2.25. The summed E-state index contributed by atoms with van der Waals surface area (Å²) in [6.45, 7) is 4.15. The average molecular weight is 204 g/mol. The minimum Gasteiger partial charge on any atom is -0.383 e. The minimum absolute atomic E-state index is 0.165. The van der Waals surface area contributed by atoms with Gasteiger partial charge in [0.2, 0.25) is 0 Å². The number of carbonyl (C=O) groups excluding carboxylic acids is 1. The van der Waals surface area contributed by atoms with E-state index in [1.54, 1.807) is 21.0 Å². The van der Waals surface area contributed by atoms with Crippen molar-refractivity contribution in [3.8, 4) is 0 Å². The van der Waals surface area contributed by atoms with Crippen molar-refractivity contribution in [2.75, 3.05) is 27.4 Å². The molecule has 0 aromatic rings. The number of hydrogen-bond acceptors (Lipinski definition) is 4. The Morgan fingerprint density at radius 2 is 2.07 bits per heavy atom. The second-order valence-electron chi connectivity index (χ2n) is 3.58. The minimum atomic E-state index is -0.832. The zero-order chi connectivity index (χ0) is 11.2. The number of hydrogen-bond donors (Lipinski definition) is 2. The second kappa shape index (κ2) is 5.95. The summed E-state index contributed by atoms with van der Waals surface area (Å²) in [4.78, 5) is 11.6. The predicted octanol–water partition coefficient (Wildman–Crippen LogP) is -0.499. The number of amides is 1. The van der Waals surface area contributed by atoms with Crippen LogP contribution in [0.2, 0.25) is 0 Å². The Morgan fingerprint density at radius 1 is 1.50 bits per heavy atom. The van der Waals surface area contributed by atoms with Crippen molar-refractivity contribution < 1.29 is 14.3 Å². The molecule has 5 nitrogen and oxygen atoms in total. The number of carbonyl (C=O) groups is 1. The number of rotatable bonds is 6. The van der Waals surface area contributed by atoms with E-state index in [1.165, 1.54) is 7.11 Å². The largest absolute Gasteiger partial charge is 0.383 e. The lowest BCUT2D eigenvalue weighted by molar-refractivity contribution is -0.140. The summed E-state index contributed by atoms with van der Waals surface area (Å²) >= 11 is 0. The third kappa shape index (κ3) is 4.04. The lowest BCUT2D eigenvalue weighted by atomic mass is 10.1. The molecule has 5 heteroatoms. The van der Waals surface area contributed by atoms with Gasteiger partial charge in [0.1, 0.15) is 5.60 Å². The molecule has 0 rings (SSSR count). The Kier molecular flexibility index (Phi) is 5.68. The molecule has 14 heavy (non-hydrogen) atoms. The second-order valence-corrected chi connectivity index (χ2v) is 3.58. The fourth-order valence-electron chi connectivity index (χ4n) is 0.822. The lowest BCUT2D eigenvalue weighted by Crippen LogP contribution is -2.51. The first-order valence-corrected chi connectivity index (χ1v) is 4.53. The quantitative estimate of drug-likeness (QED) is 0.612. The molecule has 1 atom stereocenters. The highest BCUT2D eigenvalue weighted by Crippen LogP contribution is 2.07. The molecule has 3 N–H and O–H groups in total. The Balaban J connectivity index is 4.15. The van der Waals surface area contributed by atoms with Crippen molar-refractivity contribution in [2.24, 2.45) is 5.73 Å². The van der Waals surface area contributed by atoms with E-state index in [9.17, 15) is 4.79 Å². The van der Waals surface area contributed by atoms with Crippen LogP contribution in [0.5, 0.6) is 0 Å². The summed E-state index contributed by atoms with van der Waals surface area (Å²) < 4.78 is 9.94. The normalized spacial score (nSPS) is 13.8. The molecule has 0 saturated carbocycles. The fourth-order valence-corrected chi connectivity index (χ4v) is 0.822. The summed E-state index contributed by atoms with van der Waals surface area (Å²) in [5.74, 6) is -0.187. The highest BCUT2D eigenvalue weighted by atomic mass is 16.5.